The Morgan fingerprint density at radius 3 is 2.67 bits per heavy atom. The fourth-order valence-electron chi connectivity index (χ4n) is 4.88. The number of carbonyl (C=O) groups is 1. The van der Waals surface area contributed by atoms with Crippen LogP contribution in [0.4, 0.5) is 0 Å². The summed E-state index contributed by atoms with van der Waals surface area (Å²) in [6, 6.07) is 0. The Morgan fingerprint density at radius 2 is 2.00 bits per heavy atom. The third-order valence-corrected chi connectivity index (χ3v) is 6.92. The van der Waals surface area contributed by atoms with Crippen molar-refractivity contribution in [2.75, 3.05) is 13.9 Å². The van der Waals surface area contributed by atoms with Gasteiger partial charge in [0.25, 0.3) is 0 Å². The fourth-order valence-corrected chi connectivity index (χ4v) is 4.88. The van der Waals surface area contributed by atoms with E-state index in [1.54, 1.807) is 7.11 Å². The van der Waals surface area contributed by atoms with E-state index < -0.39 is 0 Å². The van der Waals surface area contributed by atoms with Crippen molar-refractivity contribution in [2.24, 2.45) is 29.1 Å². The highest BCUT2D eigenvalue weighted by atomic mass is 16.7. The number of fused-ring (bicyclic) bond motifs is 1. The van der Waals surface area contributed by atoms with E-state index in [-0.39, 0.29) is 11.0 Å². The quantitative estimate of drug-likeness (QED) is 0.485. The molecule has 0 unspecified atom stereocenters. The second-order valence-electron chi connectivity index (χ2n) is 8.75. The Balaban J connectivity index is 2.01. The van der Waals surface area contributed by atoms with Gasteiger partial charge in [-0.2, -0.15) is 0 Å². The molecular formula is C21H36O3. The number of carbonyl (C=O) groups excluding carboxylic acids is 1. The number of hydrogen-bond donors (Lipinski definition) is 0. The standard InChI is InChI=1S/C21H36O3/c1-15(9-10-16(2)20(3,4)24-14-23-6)17-11-12-18-19(22)8-7-13-21(17,18)5/h9-10,15-18H,7-8,11-14H2,1-6H3/b10-9+/t15-,16+,17-,18+,21-/m1/s1. The SMILES string of the molecule is COCOC(C)(C)[C@@H](C)/C=C/[C@@H](C)[C@H]1CC[C@H]2C(=O)CCC[C@]12C. The molecule has 0 aliphatic heterocycles. The van der Waals surface area contributed by atoms with Crippen LogP contribution in [0.2, 0.25) is 0 Å². The van der Waals surface area contributed by atoms with Crippen molar-refractivity contribution < 1.29 is 14.3 Å². The molecule has 0 amide bonds. The minimum Gasteiger partial charge on any atom is -0.359 e. The number of hydrogen-bond acceptors (Lipinski definition) is 3. The first-order valence-electron chi connectivity index (χ1n) is 9.56. The molecule has 2 aliphatic carbocycles. The normalized spacial score (nSPS) is 33.7. The van der Waals surface area contributed by atoms with Crippen molar-refractivity contribution in [3.63, 3.8) is 0 Å². The Morgan fingerprint density at radius 1 is 1.29 bits per heavy atom. The Kier molecular flexibility index (Phi) is 6.30. The number of methoxy groups -OCH3 is 1. The molecule has 0 N–H and O–H groups in total. The lowest BCUT2D eigenvalue weighted by atomic mass is 9.62. The molecule has 2 saturated carbocycles. The summed E-state index contributed by atoms with van der Waals surface area (Å²) in [5.74, 6) is 2.27. The summed E-state index contributed by atoms with van der Waals surface area (Å²) in [4.78, 5) is 12.3. The molecule has 0 aromatic rings. The summed E-state index contributed by atoms with van der Waals surface area (Å²) >= 11 is 0. The van der Waals surface area contributed by atoms with Gasteiger partial charge in [-0.25, -0.2) is 0 Å². The average molecular weight is 337 g/mol. The van der Waals surface area contributed by atoms with E-state index >= 15 is 0 Å². The summed E-state index contributed by atoms with van der Waals surface area (Å²) in [7, 11) is 1.65. The van der Waals surface area contributed by atoms with Crippen LogP contribution >= 0.6 is 0 Å². The molecule has 0 saturated heterocycles. The minimum atomic E-state index is -0.241. The van der Waals surface area contributed by atoms with Gasteiger partial charge in [-0.1, -0.05) is 32.9 Å². The summed E-state index contributed by atoms with van der Waals surface area (Å²) in [6.45, 7) is 11.4. The highest BCUT2D eigenvalue weighted by Gasteiger charge is 2.51. The zero-order valence-corrected chi connectivity index (χ0v) is 16.4. The van der Waals surface area contributed by atoms with Crippen LogP contribution in [0, 0.1) is 29.1 Å². The first-order chi connectivity index (χ1) is 11.2. The molecule has 3 nitrogen and oxygen atoms in total. The second kappa shape index (κ2) is 7.70. The van der Waals surface area contributed by atoms with Gasteiger partial charge in [0.2, 0.25) is 0 Å². The summed E-state index contributed by atoms with van der Waals surface area (Å²) in [6.07, 6.45) is 10.0. The Hall–Kier alpha value is -0.670. The molecular weight excluding hydrogens is 300 g/mol. The van der Waals surface area contributed by atoms with Gasteiger partial charge >= 0.3 is 0 Å². The largest absolute Gasteiger partial charge is 0.359 e. The van der Waals surface area contributed by atoms with Crippen LogP contribution in [0.5, 0.6) is 0 Å². The van der Waals surface area contributed by atoms with Crippen LogP contribution in [0.1, 0.15) is 66.7 Å². The maximum absolute atomic E-state index is 12.3. The molecule has 0 aromatic heterocycles. The first kappa shape index (κ1) is 19.7. The van der Waals surface area contributed by atoms with E-state index in [1.807, 2.05) is 0 Å². The maximum Gasteiger partial charge on any atom is 0.147 e. The van der Waals surface area contributed by atoms with E-state index in [0.29, 0.717) is 36.2 Å². The third kappa shape index (κ3) is 3.94. The number of ether oxygens (including phenoxy) is 2. The predicted molar refractivity (Wildman–Crippen MR) is 97.7 cm³/mol. The number of ketones is 1. The molecule has 0 bridgehead atoms. The van der Waals surface area contributed by atoms with E-state index in [1.165, 1.54) is 12.8 Å². The summed E-state index contributed by atoms with van der Waals surface area (Å²) in [5.41, 5.74) is -0.0282. The van der Waals surface area contributed by atoms with Crippen LogP contribution in [-0.4, -0.2) is 25.3 Å². The lowest BCUT2D eigenvalue weighted by Gasteiger charge is -2.41. The zero-order valence-electron chi connectivity index (χ0n) is 16.4. The molecule has 0 heterocycles. The van der Waals surface area contributed by atoms with Gasteiger partial charge in [0.1, 0.15) is 12.6 Å². The van der Waals surface area contributed by atoms with Crippen molar-refractivity contribution in [1.29, 1.82) is 0 Å². The number of allylic oxidation sites excluding steroid dienone is 1. The monoisotopic (exact) mass is 336 g/mol. The first-order valence-corrected chi connectivity index (χ1v) is 9.56. The van der Waals surface area contributed by atoms with Crippen LogP contribution in [-0.2, 0) is 14.3 Å². The summed E-state index contributed by atoms with van der Waals surface area (Å²) in [5, 5.41) is 0. The van der Waals surface area contributed by atoms with Crippen LogP contribution < -0.4 is 0 Å². The fraction of sp³-hybridized carbons (Fsp3) is 0.857. The molecule has 0 spiro atoms. The van der Waals surface area contributed by atoms with Crippen LogP contribution in [0.25, 0.3) is 0 Å². The van der Waals surface area contributed by atoms with Crippen molar-refractivity contribution in [1.82, 2.24) is 0 Å². The molecule has 24 heavy (non-hydrogen) atoms. The molecule has 2 fully saturated rings. The van der Waals surface area contributed by atoms with Gasteiger partial charge in [-0.05, 0) is 56.8 Å². The zero-order chi connectivity index (χ0) is 18.0. The van der Waals surface area contributed by atoms with Crippen LogP contribution in [0.15, 0.2) is 12.2 Å². The summed E-state index contributed by atoms with van der Waals surface area (Å²) < 4.78 is 10.8. The lowest BCUT2D eigenvalue weighted by molar-refractivity contribution is -0.129. The van der Waals surface area contributed by atoms with Crippen molar-refractivity contribution >= 4 is 5.78 Å². The van der Waals surface area contributed by atoms with Gasteiger partial charge in [0.05, 0.1) is 5.60 Å². The van der Waals surface area contributed by atoms with Gasteiger partial charge in [-0.3, -0.25) is 4.79 Å². The van der Waals surface area contributed by atoms with Gasteiger partial charge in [0.15, 0.2) is 0 Å². The molecule has 0 radical (unpaired) electrons. The van der Waals surface area contributed by atoms with Crippen molar-refractivity contribution in [3.05, 3.63) is 12.2 Å². The number of rotatable bonds is 7. The van der Waals surface area contributed by atoms with E-state index in [2.05, 4.69) is 46.8 Å². The molecule has 2 aliphatic rings. The van der Waals surface area contributed by atoms with Crippen molar-refractivity contribution in [3.8, 4) is 0 Å². The predicted octanol–water partition coefficient (Wildman–Crippen LogP) is 5.00. The van der Waals surface area contributed by atoms with Gasteiger partial charge in [-0.15, -0.1) is 0 Å². The smallest absolute Gasteiger partial charge is 0.147 e. The topological polar surface area (TPSA) is 35.5 Å². The Bertz CT molecular complexity index is 468. The molecule has 5 atom stereocenters. The highest BCUT2D eigenvalue weighted by Crippen LogP contribution is 2.56. The second-order valence-corrected chi connectivity index (χ2v) is 8.75. The van der Waals surface area contributed by atoms with Gasteiger partial charge in [0, 0.05) is 25.4 Å². The molecule has 3 heteroatoms. The third-order valence-electron chi connectivity index (χ3n) is 6.92. The van der Waals surface area contributed by atoms with E-state index in [9.17, 15) is 4.79 Å². The Labute approximate surface area is 148 Å². The van der Waals surface area contributed by atoms with Gasteiger partial charge < -0.3 is 9.47 Å². The van der Waals surface area contributed by atoms with Crippen LogP contribution in [0.3, 0.4) is 0 Å². The highest BCUT2D eigenvalue weighted by molar-refractivity contribution is 5.83. The maximum atomic E-state index is 12.3. The lowest BCUT2D eigenvalue weighted by Crippen LogP contribution is -2.39. The molecule has 2 rings (SSSR count). The average Bonchev–Trinajstić information content (AvgIpc) is 2.88. The molecule has 0 aromatic carbocycles. The van der Waals surface area contributed by atoms with Crippen molar-refractivity contribution in [2.45, 2.75) is 72.3 Å². The van der Waals surface area contributed by atoms with E-state index in [0.717, 1.165) is 19.3 Å². The number of Topliss-reactive ketones (excluding diaryl/α,β-unsaturated/α-hetero) is 1. The van der Waals surface area contributed by atoms with E-state index in [4.69, 9.17) is 9.47 Å². The molecule has 138 valence electrons. The minimum absolute atomic E-state index is 0.213.